The van der Waals surface area contributed by atoms with Gasteiger partial charge in [-0.15, -0.1) is 16.8 Å². The van der Waals surface area contributed by atoms with E-state index < -0.39 is 11.9 Å². The summed E-state index contributed by atoms with van der Waals surface area (Å²) in [4.78, 5) is 22.5. The zero-order valence-corrected chi connectivity index (χ0v) is 17.1. The quantitative estimate of drug-likeness (QED) is 0.462. The zero-order chi connectivity index (χ0) is 21.5. The number of aromatic nitrogens is 4. The molecule has 0 amide bonds. The Morgan fingerprint density at radius 2 is 1.86 bits per heavy atom. The van der Waals surface area contributed by atoms with Crippen LogP contribution in [0.15, 0.2) is 36.0 Å². The molecule has 2 aromatic heterocycles. The van der Waals surface area contributed by atoms with Crippen molar-refractivity contribution in [3.05, 3.63) is 48.1 Å². The smallest absolute Gasteiger partial charge is 0.300 e. The fourth-order valence-corrected chi connectivity index (χ4v) is 2.80. The van der Waals surface area contributed by atoms with E-state index in [4.69, 9.17) is 25.5 Å². The molecule has 4 N–H and O–H groups in total. The number of aliphatic carboxylic acids is 2. The second kappa shape index (κ2) is 14.4. The SMILES string of the molecule is C=CCn1c(CN)nnc1SCCc1cccc(C)n1.CC(=O)O.CC(=O)O. The van der Waals surface area contributed by atoms with Crippen molar-refractivity contribution in [2.24, 2.45) is 5.73 Å². The van der Waals surface area contributed by atoms with Gasteiger partial charge in [0.25, 0.3) is 11.9 Å². The first kappa shape index (κ1) is 25.3. The van der Waals surface area contributed by atoms with Crippen LogP contribution in [0.4, 0.5) is 0 Å². The number of carboxylic acid groups (broad SMARTS) is 2. The lowest BCUT2D eigenvalue weighted by molar-refractivity contribution is -0.135. The third kappa shape index (κ3) is 11.8. The molecular formula is C18H27N5O4S. The number of hydrogen-bond donors (Lipinski definition) is 3. The molecule has 0 aromatic carbocycles. The molecule has 9 nitrogen and oxygen atoms in total. The van der Waals surface area contributed by atoms with Crippen LogP contribution in [0.2, 0.25) is 0 Å². The van der Waals surface area contributed by atoms with Crippen molar-refractivity contribution in [2.75, 3.05) is 5.75 Å². The third-order valence-corrected chi connectivity index (χ3v) is 3.79. The molecule has 0 unspecified atom stereocenters. The van der Waals surface area contributed by atoms with Crippen LogP contribution in [0.1, 0.15) is 31.1 Å². The lowest BCUT2D eigenvalue weighted by atomic mass is 10.3. The van der Waals surface area contributed by atoms with Gasteiger partial charge in [0.1, 0.15) is 5.82 Å². The Morgan fingerprint density at radius 3 is 2.36 bits per heavy atom. The molecule has 0 spiro atoms. The summed E-state index contributed by atoms with van der Waals surface area (Å²) in [5.41, 5.74) is 7.81. The molecule has 2 aromatic rings. The second-order valence-electron chi connectivity index (χ2n) is 5.41. The number of nitrogens with two attached hydrogens (primary N) is 1. The maximum atomic E-state index is 9.00. The number of pyridine rings is 1. The van der Waals surface area contributed by atoms with Gasteiger partial charge in [-0.3, -0.25) is 14.6 Å². The topological polar surface area (TPSA) is 144 Å². The van der Waals surface area contributed by atoms with Crippen molar-refractivity contribution in [3.63, 3.8) is 0 Å². The van der Waals surface area contributed by atoms with Crippen LogP contribution in [0.5, 0.6) is 0 Å². The van der Waals surface area contributed by atoms with Gasteiger partial charge >= 0.3 is 0 Å². The highest BCUT2D eigenvalue weighted by Crippen LogP contribution is 2.18. The van der Waals surface area contributed by atoms with E-state index in [1.165, 1.54) is 0 Å². The molecular weight excluding hydrogens is 382 g/mol. The van der Waals surface area contributed by atoms with E-state index in [1.807, 2.05) is 35.8 Å². The number of rotatable bonds is 7. The van der Waals surface area contributed by atoms with Crippen molar-refractivity contribution >= 4 is 23.7 Å². The van der Waals surface area contributed by atoms with E-state index in [0.29, 0.717) is 13.1 Å². The third-order valence-electron chi connectivity index (χ3n) is 2.82. The van der Waals surface area contributed by atoms with E-state index >= 15 is 0 Å². The van der Waals surface area contributed by atoms with Crippen molar-refractivity contribution in [1.29, 1.82) is 0 Å². The molecule has 0 saturated heterocycles. The number of thioether (sulfide) groups is 1. The fourth-order valence-electron chi connectivity index (χ4n) is 1.87. The number of nitrogens with zero attached hydrogens (tertiary/aromatic N) is 4. The predicted octanol–water partition coefficient (Wildman–Crippen LogP) is 2.14. The van der Waals surface area contributed by atoms with Gasteiger partial charge in [0.05, 0.1) is 6.54 Å². The molecule has 0 bridgehead atoms. The van der Waals surface area contributed by atoms with Gasteiger partial charge in [-0.25, -0.2) is 0 Å². The van der Waals surface area contributed by atoms with Gasteiger partial charge < -0.3 is 20.5 Å². The Labute approximate surface area is 168 Å². The average molecular weight is 410 g/mol. The first-order chi connectivity index (χ1) is 13.2. The molecule has 0 saturated carbocycles. The maximum Gasteiger partial charge on any atom is 0.300 e. The van der Waals surface area contributed by atoms with E-state index in [2.05, 4.69) is 21.8 Å². The predicted molar refractivity (Wildman–Crippen MR) is 108 cm³/mol. The minimum Gasteiger partial charge on any atom is -0.481 e. The molecule has 0 aliphatic heterocycles. The summed E-state index contributed by atoms with van der Waals surface area (Å²) in [6, 6.07) is 6.09. The summed E-state index contributed by atoms with van der Waals surface area (Å²) in [7, 11) is 0. The van der Waals surface area contributed by atoms with Crippen LogP contribution >= 0.6 is 11.8 Å². The Balaban J connectivity index is 0.000000776. The summed E-state index contributed by atoms with van der Waals surface area (Å²) in [5, 5.41) is 24.0. The number of hydrogen-bond acceptors (Lipinski definition) is 7. The second-order valence-corrected chi connectivity index (χ2v) is 6.47. The summed E-state index contributed by atoms with van der Waals surface area (Å²) in [6.45, 7) is 9.00. The van der Waals surface area contributed by atoms with Crippen molar-refractivity contribution in [2.45, 2.75) is 45.4 Å². The molecule has 28 heavy (non-hydrogen) atoms. The van der Waals surface area contributed by atoms with E-state index in [-0.39, 0.29) is 0 Å². The lowest BCUT2D eigenvalue weighted by Gasteiger charge is -2.06. The Kier molecular flexibility index (Phi) is 13.0. The first-order valence-corrected chi connectivity index (χ1v) is 9.37. The van der Waals surface area contributed by atoms with E-state index in [9.17, 15) is 0 Å². The fraction of sp³-hybridized carbons (Fsp3) is 0.389. The van der Waals surface area contributed by atoms with Crippen LogP contribution in [0, 0.1) is 6.92 Å². The molecule has 0 fully saturated rings. The number of aryl methyl sites for hydroxylation is 2. The van der Waals surface area contributed by atoms with Crippen LogP contribution < -0.4 is 5.73 Å². The van der Waals surface area contributed by atoms with Gasteiger partial charge in [-0.1, -0.05) is 23.9 Å². The summed E-state index contributed by atoms with van der Waals surface area (Å²) >= 11 is 1.67. The minimum absolute atomic E-state index is 0.390. The highest BCUT2D eigenvalue weighted by Gasteiger charge is 2.10. The molecule has 0 radical (unpaired) electrons. The van der Waals surface area contributed by atoms with Crippen LogP contribution in [-0.4, -0.2) is 47.7 Å². The lowest BCUT2D eigenvalue weighted by Crippen LogP contribution is -2.08. The molecule has 0 aliphatic rings. The zero-order valence-electron chi connectivity index (χ0n) is 16.3. The molecule has 10 heteroatoms. The summed E-state index contributed by atoms with van der Waals surface area (Å²) in [5.74, 6) is 0.0390. The molecule has 154 valence electrons. The number of carboxylic acids is 2. The standard InChI is InChI=1S/C14H19N5S.2C2H4O2/c1-3-8-19-13(10-15)17-18-14(19)20-9-7-12-6-4-5-11(2)16-12;2*1-2(3)4/h3-6H,1,7-10,15H2,2H3;2*1H3,(H,3,4). The average Bonchev–Trinajstić information content (AvgIpc) is 2.96. The summed E-state index contributed by atoms with van der Waals surface area (Å²) in [6.07, 6.45) is 2.74. The first-order valence-electron chi connectivity index (χ1n) is 8.38. The van der Waals surface area contributed by atoms with Crippen molar-refractivity contribution in [3.8, 4) is 0 Å². The Morgan fingerprint density at radius 1 is 1.25 bits per heavy atom. The van der Waals surface area contributed by atoms with Gasteiger partial charge in [-0.05, 0) is 25.5 Å². The van der Waals surface area contributed by atoms with Crippen LogP contribution in [0.25, 0.3) is 0 Å². The van der Waals surface area contributed by atoms with Gasteiger partial charge in [0.2, 0.25) is 0 Å². The Bertz CT molecular complexity index is 744. The normalized spacial score (nSPS) is 9.43. The van der Waals surface area contributed by atoms with Gasteiger partial charge in [-0.2, -0.15) is 0 Å². The monoisotopic (exact) mass is 409 g/mol. The largest absolute Gasteiger partial charge is 0.481 e. The minimum atomic E-state index is -0.833. The molecule has 2 heterocycles. The molecule has 0 aliphatic carbocycles. The van der Waals surface area contributed by atoms with E-state index in [1.54, 1.807) is 11.8 Å². The maximum absolute atomic E-state index is 9.00. The summed E-state index contributed by atoms with van der Waals surface area (Å²) < 4.78 is 2.00. The Hall–Kier alpha value is -2.72. The molecule has 0 atom stereocenters. The number of carbonyl (C=O) groups is 2. The van der Waals surface area contributed by atoms with E-state index in [0.717, 1.165) is 48.4 Å². The van der Waals surface area contributed by atoms with Crippen molar-refractivity contribution in [1.82, 2.24) is 19.7 Å². The molecule has 2 rings (SSSR count). The number of allylic oxidation sites excluding steroid dienone is 1. The van der Waals surface area contributed by atoms with Gasteiger partial charge in [0.15, 0.2) is 5.16 Å². The van der Waals surface area contributed by atoms with Crippen molar-refractivity contribution < 1.29 is 19.8 Å². The van der Waals surface area contributed by atoms with Gasteiger partial charge in [0, 0.05) is 37.5 Å². The van der Waals surface area contributed by atoms with Crippen LogP contribution in [0.3, 0.4) is 0 Å². The highest BCUT2D eigenvalue weighted by molar-refractivity contribution is 7.99. The highest BCUT2D eigenvalue weighted by atomic mass is 32.2. The van der Waals surface area contributed by atoms with Crippen LogP contribution in [-0.2, 0) is 29.1 Å².